The molecule has 0 amide bonds. The molecule has 0 rings (SSSR count). The fraction of sp³-hybridized carbons (Fsp3) is 1.00. The number of unbranched alkanes of at least 4 members (excludes halogenated alkanes) is 19. The second-order valence-corrected chi connectivity index (χ2v) is 8.47. The van der Waals surface area contributed by atoms with Gasteiger partial charge in [0, 0.05) is 0 Å². The Balaban J connectivity index is 2.95. The molecule has 0 spiro atoms. The van der Waals surface area contributed by atoms with Crippen LogP contribution in [0.3, 0.4) is 0 Å². The van der Waals surface area contributed by atoms with Crippen LogP contribution >= 0.6 is 0 Å². The van der Waals surface area contributed by atoms with Crippen molar-refractivity contribution in [2.75, 3.05) is 13.1 Å². The molecule has 0 saturated carbocycles. The molecule has 0 atom stereocenters. The van der Waals surface area contributed by atoms with E-state index in [2.05, 4.69) is 19.2 Å². The second-order valence-electron chi connectivity index (χ2n) is 8.47. The number of hydrogen-bond acceptors (Lipinski definition) is 1. The van der Waals surface area contributed by atoms with Crippen molar-refractivity contribution in [1.29, 1.82) is 0 Å². The molecule has 0 bridgehead atoms. The molecule has 0 fully saturated rings. The van der Waals surface area contributed by atoms with Crippen molar-refractivity contribution in [3.63, 3.8) is 0 Å². The Hall–Kier alpha value is -0.0400. The summed E-state index contributed by atoms with van der Waals surface area (Å²) in [5.74, 6) is 0. The SMILES string of the molecule is CCCCCCCCCCCCCCNCCCCCCCCCCC. The third kappa shape index (κ3) is 24.0. The average molecular weight is 368 g/mol. The summed E-state index contributed by atoms with van der Waals surface area (Å²) in [5, 5.41) is 3.64. The molecule has 0 aromatic carbocycles. The van der Waals surface area contributed by atoms with Gasteiger partial charge in [-0.15, -0.1) is 0 Å². The Morgan fingerprint density at radius 3 is 0.808 bits per heavy atom. The molecule has 1 heteroatoms. The van der Waals surface area contributed by atoms with Gasteiger partial charge in [0.15, 0.2) is 0 Å². The third-order valence-electron chi connectivity index (χ3n) is 5.66. The van der Waals surface area contributed by atoms with Crippen molar-refractivity contribution in [3.05, 3.63) is 0 Å². The lowest BCUT2D eigenvalue weighted by molar-refractivity contribution is 0.524. The van der Waals surface area contributed by atoms with E-state index in [1.54, 1.807) is 0 Å². The topological polar surface area (TPSA) is 12.0 Å². The largest absolute Gasteiger partial charge is 0.317 e. The van der Waals surface area contributed by atoms with Crippen LogP contribution in [-0.4, -0.2) is 13.1 Å². The van der Waals surface area contributed by atoms with Crippen molar-refractivity contribution < 1.29 is 0 Å². The van der Waals surface area contributed by atoms with Crippen LogP contribution < -0.4 is 5.32 Å². The summed E-state index contributed by atoms with van der Waals surface area (Å²) in [5.41, 5.74) is 0. The molecule has 0 aliphatic carbocycles. The molecule has 0 radical (unpaired) electrons. The number of rotatable bonds is 23. The lowest BCUT2D eigenvalue weighted by atomic mass is 10.1. The van der Waals surface area contributed by atoms with Gasteiger partial charge in [-0.2, -0.15) is 0 Å². The quantitative estimate of drug-likeness (QED) is 0.178. The first kappa shape index (κ1) is 26.0. The molecule has 26 heavy (non-hydrogen) atoms. The van der Waals surface area contributed by atoms with Gasteiger partial charge in [0.25, 0.3) is 0 Å². The first-order valence-corrected chi connectivity index (χ1v) is 12.6. The molecule has 0 aromatic heterocycles. The average Bonchev–Trinajstić information content (AvgIpc) is 2.66. The van der Waals surface area contributed by atoms with Crippen LogP contribution in [0.1, 0.15) is 149 Å². The normalized spacial score (nSPS) is 11.3. The zero-order valence-electron chi connectivity index (χ0n) is 18.8. The lowest BCUT2D eigenvalue weighted by Gasteiger charge is -2.05. The highest BCUT2D eigenvalue weighted by Gasteiger charge is 1.95. The third-order valence-corrected chi connectivity index (χ3v) is 5.66. The smallest absolute Gasteiger partial charge is 0.00489 e. The fourth-order valence-electron chi connectivity index (χ4n) is 3.78. The van der Waals surface area contributed by atoms with Crippen LogP contribution in [0.5, 0.6) is 0 Å². The summed E-state index contributed by atoms with van der Waals surface area (Å²) in [6.07, 6.45) is 30.3. The maximum atomic E-state index is 3.64. The van der Waals surface area contributed by atoms with Crippen molar-refractivity contribution in [3.8, 4) is 0 Å². The summed E-state index contributed by atoms with van der Waals surface area (Å²) in [7, 11) is 0. The van der Waals surface area contributed by atoms with Crippen LogP contribution in [0.15, 0.2) is 0 Å². The molecule has 1 nitrogen and oxygen atoms in total. The molecule has 0 aromatic rings. The second kappa shape index (κ2) is 25.0. The summed E-state index contributed by atoms with van der Waals surface area (Å²) in [6.45, 7) is 7.08. The molecule has 0 aliphatic rings. The van der Waals surface area contributed by atoms with Gasteiger partial charge in [-0.3, -0.25) is 0 Å². The number of nitrogens with one attached hydrogen (secondary N) is 1. The summed E-state index contributed by atoms with van der Waals surface area (Å²) in [6, 6.07) is 0. The van der Waals surface area contributed by atoms with E-state index < -0.39 is 0 Å². The van der Waals surface area contributed by atoms with Gasteiger partial charge < -0.3 is 5.32 Å². The molecule has 0 unspecified atom stereocenters. The van der Waals surface area contributed by atoms with Crippen LogP contribution in [0, 0.1) is 0 Å². The van der Waals surface area contributed by atoms with Crippen LogP contribution in [0.25, 0.3) is 0 Å². The van der Waals surface area contributed by atoms with E-state index in [1.165, 1.54) is 148 Å². The Kier molecular flexibility index (Phi) is 24.9. The highest BCUT2D eigenvalue weighted by Crippen LogP contribution is 2.12. The minimum absolute atomic E-state index is 1.24. The standard InChI is InChI=1S/C25H53N/c1-3-5-7-9-11-13-14-15-17-19-21-23-25-26-24-22-20-18-16-12-10-8-6-4-2/h26H,3-25H2,1-2H3. The monoisotopic (exact) mass is 367 g/mol. The Morgan fingerprint density at radius 2 is 0.538 bits per heavy atom. The predicted molar refractivity (Wildman–Crippen MR) is 121 cm³/mol. The summed E-state index contributed by atoms with van der Waals surface area (Å²) < 4.78 is 0. The van der Waals surface area contributed by atoms with Gasteiger partial charge in [0.05, 0.1) is 0 Å². The van der Waals surface area contributed by atoms with Gasteiger partial charge in [-0.05, 0) is 25.9 Å². The Bertz CT molecular complexity index is 202. The first-order chi connectivity index (χ1) is 12.9. The van der Waals surface area contributed by atoms with Crippen molar-refractivity contribution in [2.45, 2.75) is 149 Å². The zero-order valence-corrected chi connectivity index (χ0v) is 18.8. The highest BCUT2D eigenvalue weighted by atomic mass is 14.8. The van der Waals surface area contributed by atoms with Crippen molar-refractivity contribution in [1.82, 2.24) is 5.32 Å². The summed E-state index contributed by atoms with van der Waals surface area (Å²) in [4.78, 5) is 0. The molecule has 0 heterocycles. The summed E-state index contributed by atoms with van der Waals surface area (Å²) >= 11 is 0. The van der Waals surface area contributed by atoms with Gasteiger partial charge >= 0.3 is 0 Å². The van der Waals surface area contributed by atoms with Crippen LogP contribution in [-0.2, 0) is 0 Å². The lowest BCUT2D eigenvalue weighted by Crippen LogP contribution is -2.16. The maximum Gasteiger partial charge on any atom is -0.00489 e. The Labute approximate surface area is 167 Å². The zero-order chi connectivity index (χ0) is 19.0. The van der Waals surface area contributed by atoms with E-state index >= 15 is 0 Å². The molecular weight excluding hydrogens is 314 g/mol. The maximum absolute atomic E-state index is 3.64. The molecule has 0 aliphatic heterocycles. The highest BCUT2D eigenvalue weighted by molar-refractivity contribution is 4.53. The van der Waals surface area contributed by atoms with E-state index in [0.29, 0.717) is 0 Å². The van der Waals surface area contributed by atoms with Crippen LogP contribution in [0.2, 0.25) is 0 Å². The van der Waals surface area contributed by atoms with Gasteiger partial charge in [-0.1, -0.05) is 136 Å². The fourth-order valence-corrected chi connectivity index (χ4v) is 3.78. The van der Waals surface area contributed by atoms with E-state index in [4.69, 9.17) is 0 Å². The molecule has 0 saturated heterocycles. The van der Waals surface area contributed by atoms with Crippen molar-refractivity contribution >= 4 is 0 Å². The van der Waals surface area contributed by atoms with E-state index in [1.807, 2.05) is 0 Å². The van der Waals surface area contributed by atoms with E-state index in [0.717, 1.165) is 0 Å². The van der Waals surface area contributed by atoms with Crippen molar-refractivity contribution in [2.24, 2.45) is 0 Å². The minimum atomic E-state index is 1.24. The van der Waals surface area contributed by atoms with Crippen LogP contribution in [0.4, 0.5) is 0 Å². The molecule has 1 N–H and O–H groups in total. The molecule has 158 valence electrons. The number of hydrogen-bond donors (Lipinski definition) is 1. The first-order valence-electron chi connectivity index (χ1n) is 12.6. The van der Waals surface area contributed by atoms with Gasteiger partial charge in [0.2, 0.25) is 0 Å². The van der Waals surface area contributed by atoms with E-state index in [9.17, 15) is 0 Å². The molecular formula is C25H53N. The van der Waals surface area contributed by atoms with Gasteiger partial charge in [-0.25, -0.2) is 0 Å². The Morgan fingerprint density at radius 1 is 0.308 bits per heavy atom. The van der Waals surface area contributed by atoms with E-state index in [-0.39, 0.29) is 0 Å². The predicted octanol–water partition coefficient (Wildman–Crippen LogP) is 8.81. The van der Waals surface area contributed by atoms with Gasteiger partial charge in [0.1, 0.15) is 0 Å². The minimum Gasteiger partial charge on any atom is -0.317 e.